The maximum Gasteiger partial charge on any atom is 0.335 e. The Bertz CT molecular complexity index is 847. The van der Waals surface area contributed by atoms with Gasteiger partial charge in [-0.15, -0.1) is 0 Å². The number of hydrogen-bond donors (Lipinski definition) is 2. The number of nitrogens with zero attached hydrogens (tertiary/aromatic N) is 3. The van der Waals surface area contributed by atoms with E-state index < -0.39 is 5.97 Å². The lowest BCUT2D eigenvalue weighted by molar-refractivity contribution is -0.133. The van der Waals surface area contributed by atoms with Crippen LogP contribution in [-0.4, -0.2) is 59.0 Å². The summed E-state index contributed by atoms with van der Waals surface area (Å²) in [7, 11) is 0. The van der Waals surface area contributed by atoms with Crippen LogP contribution >= 0.6 is 0 Å². The monoisotopic (exact) mass is 396 g/mol. The summed E-state index contributed by atoms with van der Waals surface area (Å²) in [6.07, 6.45) is 2.06. The molecule has 29 heavy (non-hydrogen) atoms. The first-order valence-corrected chi connectivity index (χ1v) is 9.55. The number of nitrogens with one attached hydrogen (secondary N) is 1. The van der Waals surface area contributed by atoms with Crippen molar-refractivity contribution in [2.24, 2.45) is 0 Å². The first kappa shape index (κ1) is 20.3. The molecular formula is C21H24N4O4. The Balaban J connectivity index is 1.37. The molecule has 2 amide bonds. The number of carboxylic acid groups (broad SMARTS) is 1. The lowest BCUT2D eigenvalue weighted by Gasteiger charge is -2.35. The molecule has 0 atom stereocenters. The van der Waals surface area contributed by atoms with E-state index in [2.05, 4.69) is 15.2 Å². The summed E-state index contributed by atoms with van der Waals surface area (Å²) in [5.74, 6) is -0.297. The number of hydrogen-bond acceptors (Lipinski definition) is 5. The maximum atomic E-state index is 12.4. The summed E-state index contributed by atoms with van der Waals surface area (Å²) in [5, 5.41) is 11.6. The first-order valence-electron chi connectivity index (χ1n) is 9.55. The van der Waals surface area contributed by atoms with Gasteiger partial charge in [0.2, 0.25) is 11.8 Å². The summed E-state index contributed by atoms with van der Waals surface area (Å²) in [4.78, 5) is 43.5. The van der Waals surface area contributed by atoms with Gasteiger partial charge in [0.05, 0.1) is 5.56 Å². The van der Waals surface area contributed by atoms with E-state index in [9.17, 15) is 14.4 Å². The zero-order chi connectivity index (χ0) is 20.6. The quantitative estimate of drug-likeness (QED) is 0.736. The molecular weight excluding hydrogens is 372 g/mol. The average molecular weight is 396 g/mol. The van der Waals surface area contributed by atoms with E-state index >= 15 is 0 Å². The van der Waals surface area contributed by atoms with Gasteiger partial charge in [0.25, 0.3) is 0 Å². The number of rotatable bonds is 7. The largest absolute Gasteiger partial charge is 0.478 e. The molecule has 2 aromatic rings. The topological polar surface area (TPSA) is 103 Å². The Labute approximate surface area is 169 Å². The Morgan fingerprint density at radius 2 is 1.69 bits per heavy atom. The zero-order valence-electron chi connectivity index (χ0n) is 16.1. The number of benzene rings is 1. The number of piperazine rings is 1. The smallest absolute Gasteiger partial charge is 0.335 e. The Morgan fingerprint density at radius 3 is 2.31 bits per heavy atom. The second-order valence-electron chi connectivity index (χ2n) is 6.83. The van der Waals surface area contributed by atoms with Crippen LogP contribution in [0.2, 0.25) is 0 Å². The molecule has 152 valence electrons. The molecule has 2 N–H and O–H groups in total. The average Bonchev–Trinajstić information content (AvgIpc) is 2.77. The number of amides is 2. The lowest BCUT2D eigenvalue weighted by atomic mass is 10.1. The number of anilines is 1. The third kappa shape index (κ3) is 5.78. The normalized spacial score (nSPS) is 13.8. The standard InChI is InChI=1S/C21H24N4O4/c26-19(23-15-16-4-6-17(7-5-16)21(28)29)8-9-20(27)25-13-11-24(12-14-25)18-3-1-2-10-22-18/h1-7,10H,8-9,11-15H2,(H,23,26)(H,28,29). The van der Waals surface area contributed by atoms with Crippen LogP contribution in [0.25, 0.3) is 0 Å². The number of aromatic nitrogens is 1. The third-order valence-electron chi connectivity index (χ3n) is 4.86. The van der Waals surface area contributed by atoms with E-state index in [0.29, 0.717) is 19.6 Å². The van der Waals surface area contributed by atoms with Crippen LogP contribution in [0.5, 0.6) is 0 Å². The van der Waals surface area contributed by atoms with Crippen LogP contribution in [0.4, 0.5) is 5.82 Å². The van der Waals surface area contributed by atoms with Crippen LogP contribution in [0.1, 0.15) is 28.8 Å². The number of aromatic carboxylic acids is 1. The molecule has 1 aliphatic heterocycles. The van der Waals surface area contributed by atoms with Crippen molar-refractivity contribution in [3.63, 3.8) is 0 Å². The van der Waals surface area contributed by atoms with E-state index in [0.717, 1.165) is 24.5 Å². The summed E-state index contributed by atoms with van der Waals surface area (Å²) < 4.78 is 0. The molecule has 1 aromatic carbocycles. The zero-order valence-corrected chi connectivity index (χ0v) is 16.1. The minimum absolute atomic E-state index is 0.0216. The van der Waals surface area contributed by atoms with Gasteiger partial charge in [0.15, 0.2) is 0 Å². The van der Waals surface area contributed by atoms with Crippen molar-refractivity contribution >= 4 is 23.6 Å². The summed E-state index contributed by atoms with van der Waals surface area (Å²) in [6.45, 7) is 2.98. The number of carbonyl (C=O) groups excluding carboxylic acids is 2. The molecule has 0 aliphatic carbocycles. The highest BCUT2D eigenvalue weighted by Crippen LogP contribution is 2.13. The van der Waals surface area contributed by atoms with Crippen molar-refractivity contribution in [3.8, 4) is 0 Å². The van der Waals surface area contributed by atoms with Gasteiger partial charge in [0, 0.05) is 51.8 Å². The molecule has 1 aromatic heterocycles. The minimum atomic E-state index is -0.986. The van der Waals surface area contributed by atoms with Crippen molar-refractivity contribution in [1.29, 1.82) is 0 Å². The van der Waals surface area contributed by atoms with Gasteiger partial charge >= 0.3 is 5.97 Å². The highest BCUT2D eigenvalue weighted by atomic mass is 16.4. The number of pyridine rings is 1. The molecule has 0 unspecified atom stereocenters. The predicted octanol–water partition coefficient (Wildman–Crippen LogP) is 1.52. The van der Waals surface area contributed by atoms with Crippen molar-refractivity contribution in [2.75, 3.05) is 31.1 Å². The fourth-order valence-corrected chi connectivity index (χ4v) is 3.16. The van der Waals surface area contributed by atoms with Gasteiger partial charge in [-0.1, -0.05) is 18.2 Å². The Kier molecular flexibility index (Phi) is 6.78. The first-order chi connectivity index (χ1) is 14.0. The van der Waals surface area contributed by atoms with Crippen LogP contribution < -0.4 is 10.2 Å². The van der Waals surface area contributed by atoms with Crippen molar-refractivity contribution < 1.29 is 19.5 Å². The third-order valence-corrected chi connectivity index (χ3v) is 4.86. The highest BCUT2D eigenvalue weighted by Gasteiger charge is 2.22. The summed E-state index contributed by atoms with van der Waals surface area (Å²) >= 11 is 0. The molecule has 0 radical (unpaired) electrons. The summed E-state index contributed by atoms with van der Waals surface area (Å²) in [5.41, 5.74) is 1.01. The van der Waals surface area contributed by atoms with E-state index in [1.54, 1.807) is 23.2 Å². The van der Waals surface area contributed by atoms with E-state index in [4.69, 9.17) is 5.11 Å². The Hall–Kier alpha value is -3.42. The van der Waals surface area contributed by atoms with Crippen molar-refractivity contribution in [3.05, 3.63) is 59.8 Å². The number of carboxylic acids is 1. The van der Waals surface area contributed by atoms with E-state index in [1.165, 1.54) is 12.1 Å². The molecule has 8 nitrogen and oxygen atoms in total. The van der Waals surface area contributed by atoms with Crippen LogP contribution in [-0.2, 0) is 16.1 Å². The van der Waals surface area contributed by atoms with Gasteiger partial charge < -0.3 is 20.2 Å². The van der Waals surface area contributed by atoms with E-state index in [-0.39, 0.29) is 30.2 Å². The molecule has 0 spiro atoms. The molecule has 1 fully saturated rings. The SMILES string of the molecule is O=C(CCC(=O)N1CCN(c2ccccn2)CC1)NCc1ccc(C(=O)O)cc1. The molecule has 1 saturated heterocycles. The molecule has 1 aliphatic rings. The molecule has 0 bridgehead atoms. The highest BCUT2D eigenvalue weighted by molar-refractivity contribution is 5.87. The molecule has 3 rings (SSSR count). The molecule has 0 saturated carbocycles. The van der Waals surface area contributed by atoms with Crippen molar-refractivity contribution in [1.82, 2.24) is 15.2 Å². The lowest BCUT2D eigenvalue weighted by Crippen LogP contribution is -2.49. The fraction of sp³-hybridized carbons (Fsp3) is 0.333. The second kappa shape index (κ2) is 9.68. The summed E-state index contributed by atoms with van der Waals surface area (Å²) in [6, 6.07) is 12.1. The van der Waals surface area contributed by atoms with Gasteiger partial charge in [-0.3, -0.25) is 9.59 Å². The molecule has 2 heterocycles. The molecule has 8 heteroatoms. The predicted molar refractivity (Wildman–Crippen MR) is 108 cm³/mol. The van der Waals surface area contributed by atoms with Gasteiger partial charge in [-0.05, 0) is 29.8 Å². The van der Waals surface area contributed by atoms with Gasteiger partial charge in [0.1, 0.15) is 5.82 Å². The van der Waals surface area contributed by atoms with Crippen LogP contribution in [0.15, 0.2) is 48.7 Å². The van der Waals surface area contributed by atoms with E-state index in [1.807, 2.05) is 18.2 Å². The maximum absolute atomic E-state index is 12.4. The number of carbonyl (C=O) groups is 3. The van der Waals surface area contributed by atoms with Gasteiger partial charge in [-0.25, -0.2) is 9.78 Å². The minimum Gasteiger partial charge on any atom is -0.478 e. The van der Waals surface area contributed by atoms with Crippen molar-refractivity contribution in [2.45, 2.75) is 19.4 Å². The fourth-order valence-electron chi connectivity index (χ4n) is 3.16. The van der Waals surface area contributed by atoms with Crippen LogP contribution in [0.3, 0.4) is 0 Å². The second-order valence-corrected chi connectivity index (χ2v) is 6.83. The Morgan fingerprint density at radius 1 is 0.966 bits per heavy atom. The van der Waals surface area contributed by atoms with Crippen LogP contribution in [0, 0.1) is 0 Å². The van der Waals surface area contributed by atoms with Gasteiger partial charge in [-0.2, -0.15) is 0 Å².